The van der Waals surface area contributed by atoms with Crippen molar-refractivity contribution in [3.05, 3.63) is 30.9 Å². The molecule has 1 N–H and O–H groups in total. The predicted molar refractivity (Wildman–Crippen MR) is 76.9 cm³/mol. The van der Waals surface area contributed by atoms with Crippen LogP contribution in [0, 0.1) is 12.8 Å². The minimum Gasteiger partial charge on any atom is -0.304 e. The van der Waals surface area contributed by atoms with Crippen LogP contribution in [0.4, 0.5) is 0 Å². The fourth-order valence-corrected chi connectivity index (χ4v) is 2.57. The van der Waals surface area contributed by atoms with E-state index in [1.807, 2.05) is 12.3 Å². The minimum atomic E-state index is -0.152. The van der Waals surface area contributed by atoms with Crippen molar-refractivity contribution in [2.75, 3.05) is 0 Å². The van der Waals surface area contributed by atoms with Gasteiger partial charge in [-0.25, -0.2) is 9.97 Å². The molecule has 2 rings (SSSR count). The van der Waals surface area contributed by atoms with E-state index < -0.39 is 0 Å². The maximum atomic E-state index is 11.9. The topological polar surface area (TPSA) is 58.6 Å². The summed E-state index contributed by atoms with van der Waals surface area (Å²) in [4.78, 5) is 23.4. The van der Waals surface area contributed by atoms with E-state index in [1.54, 1.807) is 11.3 Å². The molecule has 0 saturated heterocycles. The zero-order valence-electron chi connectivity index (χ0n) is 10.5. The van der Waals surface area contributed by atoms with E-state index in [-0.39, 0.29) is 5.56 Å². The third kappa shape index (κ3) is 2.87. The molecule has 4 nitrogen and oxygen atoms in total. The number of nitrogens with one attached hydrogen (secondary N) is 1. The number of rotatable bonds is 3. The number of thiazole rings is 1. The van der Waals surface area contributed by atoms with Crippen molar-refractivity contribution in [1.82, 2.24) is 15.0 Å². The standard InChI is InChI=1S/C12H14BrN3OS/c1-6(2)4-8-10(13)12(17)16-11(15-8)9-5-18-7(3)14-9/h5-6H,4H2,1-3H3,(H,15,16,17). The average Bonchev–Trinajstić information content (AvgIpc) is 2.70. The van der Waals surface area contributed by atoms with Gasteiger partial charge in [-0.05, 0) is 35.2 Å². The summed E-state index contributed by atoms with van der Waals surface area (Å²) in [5.41, 5.74) is 1.36. The van der Waals surface area contributed by atoms with Gasteiger partial charge in [0.25, 0.3) is 5.56 Å². The summed E-state index contributed by atoms with van der Waals surface area (Å²) in [6.45, 7) is 6.13. The number of aromatic amines is 1. The Hall–Kier alpha value is -1.01. The Balaban J connectivity index is 2.50. The molecule has 0 aliphatic heterocycles. The number of nitrogens with zero attached hydrogens (tertiary/aromatic N) is 2. The summed E-state index contributed by atoms with van der Waals surface area (Å²) < 4.78 is 0.520. The van der Waals surface area contributed by atoms with Crippen LogP contribution < -0.4 is 5.56 Å². The molecule has 0 fully saturated rings. The number of H-pyrrole nitrogens is 1. The summed E-state index contributed by atoms with van der Waals surface area (Å²) in [6, 6.07) is 0. The maximum Gasteiger partial charge on any atom is 0.265 e. The number of hydrogen-bond acceptors (Lipinski definition) is 4. The second-order valence-corrected chi connectivity index (χ2v) is 6.38. The third-order valence-electron chi connectivity index (χ3n) is 2.39. The zero-order chi connectivity index (χ0) is 13.3. The molecule has 2 aromatic rings. The molecule has 6 heteroatoms. The predicted octanol–water partition coefficient (Wildman–Crippen LogP) is 3.16. The molecule has 0 amide bonds. The second-order valence-electron chi connectivity index (χ2n) is 4.52. The Labute approximate surface area is 118 Å². The van der Waals surface area contributed by atoms with Gasteiger partial charge in [0, 0.05) is 5.38 Å². The molecule has 0 spiro atoms. The summed E-state index contributed by atoms with van der Waals surface area (Å²) in [5.74, 6) is 0.990. The molecule has 0 bridgehead atoms. The van der Waals surface area contributed by atoms with Crippen LogP contribution in [0.1, 0.15) is 24.5 Å². The van der Waals surface area contributed by atoms with Crippen LogP contribution in [0.3, 0.4) is 0 Å². The van der Waals surface area contributed by atoms with Crippen LogP contribution in [-0.2, 0) is 6.42 Å². The Morgan fingerprint density at radius 2 is 2.17 bits per heavy atom. The van der Waals surface area contributed by atoms with Crippen LogP contribution in [0.5, 0.6) is 0 Å². The van der Waals surface area contributed by atoms with Crippen LogP contribution in [0.25, 0.3) is 11.5 Å². The Kier molecular flexibility index (Phi) is 3.97. The Bertz CT molecular complexity index is 618. The molecule has 18 heavy (non-hydrogen) atoms. The van der Waals surface area contributed by atoms with Crippen molar-refractivity contribution in [1.29, 1.82) is 0 Å². The van der Waals surface area contributed by atoms with Gasteiger partial charge in [0.15, 0.2) is 5.82 Å². The first-order valence-electron chi connectivity index (χ1n) is 5.68. The largest absolute Gasteiger partial charge is 0.304 e. The maximum absolute atomic E-state index is 11.9. The molecule has 2 heterocycles. The lowest BCUT2D eigenvalue weighted by Crippen LogP contribution is -2.15. The highest BCUT2D eigenvalue weighted by atomic mass is 79.9. The summed E-state index contributed by atoms with van der Waals surface area (Å²) in [7, 11) is 0. The fourth-order valence-electron chi connectivity index (χ4n) is 1.62. The molecular formula is C12H14BrN3OS. The lowest BCUT2D eigenvalue weighted by atomic mass is 10.1. The lowest BCUT2D eigenvalue weighted by molar-refractivity contribution is 0.631. The molecule has 0 aromatic carbocycles. The first-order chi connectivity index (χ1) is 8.47. The number of hydrogen-bond donors (Lipinski definition) is 1. The summed E-state index contributed by atoms with van der Waals surface area (Å²) in [5, 5.41) is 2.86. The second kappa shape index (κ2) is 5.32. The first kappa shape index (κ1) is 13.4. The lowest BCUT2D eigenvalue weighted by Gasteiger charge is -2.07. The number of halogens is 1. The number of aromatic nitrogens is 3. The van der Waals surface area contributed by atoms with Crippen LogP contribution >= 0.6 is 27.3 Å². The van der Waals surface area contributed by atoms with E-state index in [1.165, 1.54) is 0 Å². The van der Waals surface area contributed by atoms with E-state index in [0.29, 0.717) is 16.2 Å². The summed E-state index contributed by atoms with van der Waals surface area (Å²) >= 11 is 4.84. The van der Waals surface area contributed by atoms with E-state index in [2.05, 4.69) is 44.7 Å². The fraction of sp³-hybridized carbons (Fsp3) is 0.417. The molecule has 0 aliphatic carbocycles. The molecule has 0 aliphatic rings. The van der Waals surface area contributed by atoms with Gasteiger partial charge < -0.3 is 4.98 Å². The van der Waals surface area contributed by atoms with Crippen LogP contribution in [-0.4, -0.2) is 15.0 Å². The molecule has 0 atom stereocenters. The van der Waals surface area contributed by atoms with Crippen molar-refractivity contribution < 1.29 is 0 Å². The van der Waals surface area contributed by atoms with Gasteiger partial charge >= 0.3 is 0 Å². The van der Waals surface area contributed by atoms with E-state index in [0.717, 1.165) is 22.8 Å². The molecule has 0 radical (unpaired) electrons. The van der Waals surface area contributed by atoms with Gasteiger partial charge in [-0.1, -0.05) is 13.8 Å². The Morgan fingerprint density at radius 3 is 2.72 bits per heavy atom. The smallest absolute Gasteiger partial charge is 0.265 e. The van der Waals surface area contributed by atoms with Crippen LogP contribution in [0.2, 0.25) is 0 Å². The van der Waals surface area contributed by atoms with Gasteiger partial charge in [0.2, 0.25) is 0 Å². The molecule has 0 saturated carbocycles. The molecular weight excluding hydrogens is 314 g/mol. The highest BCUT2D eigenvalue weighted by molar-refractivity contribution is 9.10. The highest BCUT2D eigenvalue weighted by Crippen LogP contribution is 2.20. The monoisotopic (exact) mass is 327 g/mol. The van der Waals surface area contributed by atoms with Gasteiger partial charge in [0.1, 0.15) is 10.2 Å². The SMILES string of the molecule is Cc1nc(-c2nc(CC(C)C)c(Br)c(=O)[nH]2)cs1. The van der Waals surface area contributed by atoms with Gasteiger partial charge in [-0.15, -0.1) is 11.3 Å². The quantitative estimate of drug-likeness (QED) is 0.941. The molecule has 96 valence electrons. The Morgan fingerprint density at radius 1 is 1.44 bits per heavy atom. The normalized spacial score (nSPS) is 11.2. The highest BCUT2D eigenvalue weighted by Gasteiger charge is 2.13. The van der Waals surface area contributed by atoms with Crippen molar-refractivity contribution >= 4 is 27.3 Å². The number of aryl methyl sites for hydroxylation is 1. The molecule has 2 aromatic heterocycles. The van der Waals surface area contributed by atoms with E-state index in [4.69, 9.17) is 0 Å². The van der Waals surface area contributed by atoms with Gasteiger partial charge in [-0.3, -0.25) is 4.79 Å². The average molecular weight is 328 g/mol. The third-order valence-corrected chi connectivity index (χ3v) is 3.99. The van der Waals surface area contributed by atoms with Crippen LogP contribution in [0.15, 0.2) is 14.6 Å². The van der Waals surface area contributed by atoms with Crippen molar-refractivity contribution in [3.63, 3.8) is 0 Å². The zero-order valence-corrected chi connectivity index (χ0v) is 12.9. The summed E-state index contributed by atoms with van der Waals surface area (Å²) in [6.07, 6.45) is 0.765. The van der Waals surface area contributed by atoms with Gasteiger partial charge in [0.05, 0.1) is 10.7 Å². The van der Waals surface area contributed by atoms with E-state index >= 15 is 0 Å². The van der Waals surface area contributed by atoms with Crippen molar-refractivity contribution in [2.24, 2.45) is 5.92 Å². The van der Waals surface area contributed by atoms with E-state index in [9.17, 15) is 4.79 Å². The van der Waals surface area contributed by atoms with Crippen molar-refractivity contribution in [3.8, 4) is 11.5 Å². The first-order valence-corrected chi connectivity index (χ1v) is 7.36. The molecule has 0 unspecified atom stereocenters. The van der Waals surface area contributed by atoms with Crippen molar-refractivity contribution in [2.45, 2.75) is 27.2 Å². The minimum absolute atomic E-state index is 0.152. The van der Waals surface area contributed by atoms with Gasteiger partial charge in [-0.2, -0.15) is 0 Å².